The summed E-state index contributed by atoms with van der Waals surface area (Å²) in [5.41, 5.74) is 12.3. The molecule has 2 N–H and O–H groups in total. The van der Waals surface area contributed by atoms with Crippen molar-refractivity contribution in [1.82, 2.24) is 4.98 Å². The molecule has 0 radical (unpaired) electrons. The summed E-state index contributed by atoms with van der Waals surface area (Å²) >= 11 is 0. The van der Waals surface area contributed by atoms with Crippen LogP contribution in [0.3, 0.4) is 0 Å². The maximum atomic E-state index is 6.47. The Labute approximate surface area is 127 Å². The predicted molar refractivity (Wildman–Crippen MR) is 86.7 cm³/mol. The number of aromatic nitrogens is 1. The highest BCUT2D eigenvalue weighted by molar-refractivity contribution is 5.44. The van der Waals surface area contributed by atoms with E-state index in [0.29, 0.717) is 0 Å². The minimum atomic E-state index is -0.186. The van der Waals surface area contributed by atoms with Crippen molar-refractivity contribution >= 4 is 0 Å². The van der Waals surface area contributed by atoms with E-state index in [4.69, 9.17) is 10.5 Å². The Kier molecular flexibility index (Phi) is 4.63. The topological polar surface area (TPSA) is 48.1 Å². The van der Waals surface area contributed by atoms with Gasteiger partial charge in [0.05, 0.1) is 18.3 Å². The summed E-state index contributed by atoms with van der Waals surface area (Å²) in [6, 6.07) is 6.14. The van der Waals surface area contributed by atoms with Crippen molar-refractivity contribution in [3.05, 3.63) is 58.4 Å². The zero-order valence-electron chi connectivity index (χ0n) is 13.5. The molecule has 0 aliphatic carbocycles. The van der Waals surface area contributed by atoms with Crippen LogP contribution >= 0.6 is 0 Å². The lowest BCUT2D eigenvalue weighted by atomic mass is 9.91. The summed E-state index contributed by atoms with van der Waals surface area (Å²) in [5.74, 6) is 0.764. The predicted octanol–water partition coefficient (Wildman–Crippen LogP) is 3.84. The van der Waals surface area contributed by atoms with E-state index >= 15 is 0 Å². The highest BCUT2D eigenvalue weighted by Crippen LogP contribution is 2.28. The second-order valence-electron chi connectivity index (χ2n) is 5.91. The highest BCUT2D eigenvalue weighted by Gasteiger charge is 2.15. The Morgan fingerprint density at radius 3 is 2.19 bits per heavy atom. The summed E-state index contributed by atoms with van der Waals surface area (Å²) < 4.78 is 5.70. The van der Waals surface area contributed by atoms with Crippen molar-refractivity contribution < 1.29 is 4.74 Å². The van der Waals surface area contributed by atoms with E-state index < -0.39 is 0 Å². The van der Waals surface area contributed by atoms with E-state index in [-0.39, 0.29) is 12.1 Å². The molecule has 0 saturated heterocycles. The molecule has 0 amide bonds. The zero-order chi connectivity index (χ0) is 15.6. The first-order chi connectivity index (χ1) is 9.88. The number of aryl methyl sites for hydroxylation is 3. The molecule has 1 atom stereocenters. The fourth-order valence-electron chi connectivity index (χ4n) is 2.79. The highest BCUT2D eigenvalue weighted by atomic mass is 16.5. The van der Waals surface area contributed by atoms with Gasteiger partial charge >= 0.3 is 0 Å². The number of rotatable bonds is 4. The van der Waals surface area contributed by atoms with Gasteiger partial charge in [0.2, 0.25) is 0 Å². The van der Waals surface area contributed by atoms with Crippen LogP contribution in [0.1, 0.15) is 47.7 Å². The molecule has 2 aromatic rings. The molecule has 112 valence electrons. The van der Waals surface area contributed by atoms with Crippen molar-refractivity contribution in [2.45, 2.75) is 46.8 Å². The summed E-state index contributed by atoms with van der Waals surface area (Å²) in [6.45, 7) is 10.3. The number of benzene rings is 1. The van der Waals surface area contributed by atoms with Crippen LogP contribution in [0.25, 0.3) is 0 Å². The molecule has 21 heavy (non-hydrogen) atoms. The van der Waals surface area contributed by atoms with Crippen molar-refractivity contribution in [1.29, 1.82) is 0 Å². The van der Waals surface area contributed by atoms with Crippen LogP contribution in [0.15, 0.2) is 30.6 Å². The zero-order valence-corrected chi connectivity index (χ0v) is 13.5. The van der Waals surface area contributed by atoms with Gasteiger partial charge in [-0.05, 0) is 62.9 Å². The number of hydrogen-bond donors (Lipinski definition) is 1. The van der Waals surface area contributed by atoms with E-state index in [0.717, 1.165) is 11.3 Å². The largest absolute Gasteiger partial charge is 0.489 e. The van der Waals surface area contributed by atoms with E-state index in [9.17, 15) is 0 Å². The smallest absolute Gasteiger partial charge is 0.138 e. The maximum absolute atomic E-state index is 6.47. The second-order valence-corrected chi connectivity index (χ2v) is 5.91. The minimum absolute atomic E-state index is 0.126. The third kappa shape index (κ3) is 3.61. The SMILES string of the molecule is Cc1cc(C)c(C(N)c2cncc(OC(C)C)c2)c(C)c1. The number of ether oxygens (including phenoxy) is 1. The van der Waals surface area contributed by atoms with Gasteiger partial charge < -0.3 is 10.5 Å². The number of nitrogens with zero attached hydrogens (tertiary/aromatic N) is 1. The Balaban J connectivity index is 2.38. The van der Waals surface area contributed by atoms with Gasteiger partial charge in [0.15, 0.2) is 0 Å². The lowest BCUT2D eigenvalue weighted by Crippen LogP contribution is -2.16. The molecule has 1 heterocycles. The summed E-state index contributed by atoms with van der Waals surface area (Å²) in [5, 5.41) is 0. The van der Waals surface area contributed by atoms with E-state index in [2.05, 4.69) is 37.9 Å². The third-order valence-electron chi connectivity index (χ3n) is 3.51. The third-order valence-corrected chi connectivity index (χ3v) is 3.51. The van der Waals surface area contributed by atoms with E-state index in [1.54, 1.807) is 6.20 Å². The quantitative estimate of drug-likeness (QED) is 0.928. The van der Waals surface area contributed by atoms with Crippen LogP contribution in [0.4, 0.5) is 0 Å². The molecule has 0 fully saturated rings. The van der Waals surface area contributed by atoms with Gasteiger partial charge in [-0.25, -0.2) is 0 Å². The van der Waals surface area contributed by atoms with Crippen molar-refractivity contribution in [3.63, 3.8) is 0 Å². The number of hydrogen-bond acceptors (Lipinski definition) is 3. The van der Waals surface area contributed by atoms with Crippen molar-refractivity contribution in [3.8, 4) is 5.75 Å². The Morgan fingerprint density at radius 1 is 1.00 bits per heavy atom. The first-order valence-electron chi connectivity index (χ1n) is 7.33. The number of nitrogens with two attached hydrogens (primary N) is 1. The minimum Gasteiger partial charge on any atom is -0.489 e. The molecule has 0 saturated carbocycles. The monoisotopic (exact) mass is 284 g/mol. The fourth-order valence-corrected chi connectivity index (χ4v) is 2.79. The van der Waals surface area contributed by atoms with Crippen LogP contribution < -0.4 is 10.5 Å². The van der Waals surface area contributed by atoms with Crippen molar-refractivity contribution in [2.75, 3.05) is 0 Å². The number of pyridine rings is 1. The molecular formula is C18H24N2O. The van der Waals surface area contributed by atoms with Gasteiger partial charge in [-0.3, -0.25) is 4.98 Å². The van der Waals surface area contributed by atoms with Crippen LogP contribution in [0, 0.1) is 20.8 Å². The molecule has 1 aromatic carbocycles. The van der Waals surface area contributed by atoms with E-state index in [1.165, 1.54) is 22.3 Å². The van der Waals surface area contributed by atoms with Gasteiger partial charge in [0.25, 0.3) is 0 Å². The molecular weight excluding hydrogens is 260 g/mol. The molecule has 2 rings (SSSR count). The molecule has 1 aromatic heterocycles. The normalized spacial score (nSPS) is 12.5. The molecule has 0 bridgehead atoms. The van der Waals surface area contributed by atoms with Gasteiger partial charge in [-0.2, -0.15) is 0 Å². The maximum Gasteiger partial charge on any atom is 0.138 e. The molecule has 1 unspecified atom stereocenters. The second kappa shape index (κ2) is 6.27. The van der Waals surface area contributed by atoms with Crippen molar-refractivity contribution in [2.24, 2.45) is 5.73 Å². The lowest BCUT2D eigenvalue weighted by molar-refractivity contribution is 0.241. The van der Waals surface area contributed by atoms with Gasteiger partial charge in [-0.15, -0.1) is 0 Å². The van der Waals surface area contributed by atoms with Gasteiger partial charge in [0.1, 0.15) is 5.75 Å². The van der Waals surface area contributed by atoms with Gasteiger partial charge in [-0.1, -0.05) is 17.7 Å². The molecule has 3 nitrogen and oxygen atoms in total. The van der Waals surface area contributed by atoms with Crippen LogP contribution in [-0.4, -0.2) is 11.1 Å². The molecule has 3 heteroatoms. The standard InChI is InChI=1S/C18H24N2O/c1-11(2)21-16-8-15(9-20-10-16)18(19)17-13(4)6-12(3)7-14(17)5/h6-11,18H,19H2,1-5H3. The summed E-state index contributed by atoms with van der Waals surface area (Å²) in [7, 11) is 0. The summed E-state index contributed by atoms with van der Waals surface area (Å²) in [6.07, 6.45) is 3.67. The average molecular weight is 284 g/mol. The molecule has 0 aliphatic rings. The first kappa shape index (κ1) is 15.5. The first-order valence-corrected chi connectivity index (χ1v) is 7.33. The van der Waals surface area contributed by atoms with Crippen LogP contribution in [0.2, 0.25) is 0 Å². The Hall–Kier alpha value is -1.87. The lowest BCUT2D eigenvalue weighted by Gasteiger charge is -2.19. The molecule has 0 spiro atoms. The molecule has 0 aliphatic heterocycles. The average Bonchev–Trinajstić information content (AvgIpc) is 2.36. The van der Waals surface area contributed by atoms with Crippen LogP contribution in [-0.2, 0) is 0 Å². The van der Waals surface area contributed by atoms with Gasteiger partial charge in [0, 0.05) is 6.20 Å². The van der Waals surface area contributed by atoms with Crippen LogP contribution in [0.5, 0.6) is 5.75 Å². The Bertz CT molecular complexity index is 612. The Morgan fingerprint density at radius 2 is 1.62 bits per heavy atom. The summed E-state index contributed by atoms with van der Waals surface area (Å²) in [4.78, 5) is 4.26. The fraction of sp³-hybridized carbons (Fsp3) is 0.389. The van der Waals surface area contributed by atoms with E-state index in [1.807, 2.05) is 26.1 Å².